The topological polar surface area (TPSA) is 234 Å². The van der Waals surface area contributed by atoms with Crippen molar-refractivity contribution in [3.8, 4) is 18.2 Å². The molecule has 1 saturated carbocycles. The molecule has 1 aliphatic carbocycles. The first-order valence-corrected chi connectivity index (χ1v) is 31.5. The molecular weight excluding hydrogens is 1220 g/mol. The van der Waals surface area contributed by atoms with Crippen LogP contribution in [0.5, 0.6) is 0 Å². The van der Waals surface area contributed by atoms with Crippen molar-refractivity contribution in [1.29, 1.82) is 15.8 Å². The van der Waals surface area contributed by atoms with E-state index in [-0.39, 0.29) is 51.1 Å². The van der Waals surface area contributed by atoms with Crippen LogP contribution < -0.4 is 31.4 Å². The number of piperazine rings is 3. The fourth-order valence-corrected chi connectivity index (χ4v) is 12.9. The highest BCUT2D eigenvalue weighted by Crippen LogP contribution is 2.36. The van der Waals surface area contributed by atoms with Crippen LogP contribution in [0.1, 0.15) is 66.6 Å². The fraction of sp³-hybridized carbons (Fsp3) is 0.264. The average molecular weight is 1280 g/mol. The number of carbonyl (C=O) groups is 3. The number of nitrogens with zero attached hydrogens (tertiary/aromatic N) is 12. The van der Waals surface area contributed by atoms with Gasteiger partial charge >= 0.3 is 0 Å². The summed E-state index contributed by atoms with van der Waals surface area (Å²) in [5.74, 6) is 0.325. The van der Waals surface area contributed by atoms with Gasteiger partial charge in [-0.1, -0.05) is 78.3 Å². The van der Waals surface area contributed by atoms with E-state index < -0.39 is 5.82 Å². The largest absolute Gasteiger partial charge is 0.459 e. The Balaban J connectivity index is 0.000000136. The number of rotatable bonds is 11. The van der Waals surface area contributed by atoms with Gasteiger partial charge in [0.2, 0.25) is 0 Å². The van der Waals surface area contributed by atoms with E-state index in [2.05, 4.69) is 21.9 Å². The number of aryl methyl sites for hydroxylation is 3. The zero-order valence-corrected chi connectivity index (χ0v) is 52.3. The Morgan fingerprint density at radius 3 is 1.43 bits per heavy atom. The van der Waals surface area contributed by atoms with Crippen molar-refractivity contribution in [2.24, 2.45) is 13.0 Å². The lowest BCUT2D eigenvalue weighted by molar-refractivity contribution is 0.0708. The fourth-order valence-electron chi connectivity index (χ4n) is 12.7. The summed E-state index contributed by atoms with van der Waals surface area (Å²) < 4.78 is 28.5. The molecule has 0 radical (unpaired) electrons. The Bertz CT molecular complexity index is 4810. The Kier molecular flexibility index (Phi) is 18.6. The number of fused-ring (bicyclic) bond motifs is 3. The molecule has 4 aliphatic rings. The van der Waals surface area contributed by atoms with Gasteiger partial charge in [0, 0.05) is 125 Å². The van der Waals surface area contributed by atoms with Crippen molar-refractivity contribution >= 4 is 79.1 Å². The highest BCUT2D eigenvalue weighted by atomic mass is 35.5. The van der Waals surface area contributed by atoms with Crippen molar-refractivity contribution in [2.75, 3.05) is 93.2 Å². The Hall–Kier alpha value is -11.2. The second-order valence-electron chi connectivity index (χ2n) is 23.4. The van der Waals surface area contributed by atoms with Gasteiger partial charge < -0.3 is 51.9 Å². The lowest BCUT2D eigenvalue weighted by Crippen LogP contribution is -2.49. The summed E-state index contributed by atoms with van der Waals surface area (Å²) in [4.78, 5) is 88.5. The summed E-state index contributed by atoms with van der Waals surface area (Å²) >= 11 is 6.19. The van der Waals surface area contributed by atoms with Crippen LogP contribution in [0, 0.1) is 45.7 Å². The van der Waals surface area contributed by atoms with E-state index in [1.807, 2.05) is 89.8 Å². The van der Waals surface area contributed by atoms with Gasteiger partial charge in [-0.2, -0.15) is 15.8 Å². The van der Waals surface area contributed by atoms with E-state index in [9.17, 15) is 48.9 Å². The summed E-state index contributed by atoms with van der Waals surface area (Å²) in [7, 11) is 1.63. The zero-order valence-electron chi connectivity index (χ0n) is 51.5. The van der Waals surface area contributed by atoms with Gasteiger partial charge in [0.1, 0.15) is 40.7 Å². The highest BCUT2D eigenvalue weighted by molar-refractivity contribution is 6.31. The molecule has 5 aromatic carbocycles. The van der Waals surface area contributed by atoms with Crippen molar-refractivity contribution in [2.45, 2.75) is 32.4 Å². The van der Waals surface area contributed by atoms with Gasteiger partial charge in [-0.3, -0.25) is 28.8 Å². The summed E-state index contributed by atoms with van der Waals surface area (Å²) in [5, 5.41) is 32.6. The molecule has 0 spiro atoms. The molecule has 4 fully saturated rings. The van der Waals surface area contributed by atoms with Crippen LogP contribution in [-0.4, -0.2) is 125 Å². The second-order valence-corrected chi connectivity index (χ2v) is 23.9. The summed E-state index contributed by atoms with van der Waals surface area (Å²) in [6.45, 7) is 7.03. The Labute approximate surface area is 544 Å². The molecule has 14 rings (SSSR count). The number of benzene rings is 5. The SMILES string of the molecule is Cn1c(=O)c(C#N)c(N2CCN(C(=O)c3ccc(F)cc3)CC2)c2cc(Cl)ccc21.N#Cc1c(N2CCN(C(=O)c3ccco3)CC2)c2ccccc2n(CC2CC2)c1=O.N#Cc1c(N2CCN(C(=O)c3ccco3)CC2)c2ccccc2n(CCc2ccccc2)c1=O. The van der Waals surface area contributed by atoms with Crippen LogP contribution in [-0.2, 0) is 26.6 Å². The minimum Gasteiger partial charge on any atom is -0.459 e. The minimum absolute atomic E-state index is 0.0607. The number of halogens is 2. The highest BCUT2D eigenvalue weighted by Gasteiger charge is 2.32. The van der Waals surface area contributed by atoms with Crippen LogP contribution >= 0.6 is 11.6 Å². The molecule has 8 heterocycles. The van der Waals surface area contributed by atoms with Crippen LogP contribution in [0.15, 0.2) is 181 Å². The predicted molar refractivity (Wildman–Crippen MR) is 356 cm³/mol. The van der Waals surface area contributed by atoms with Crippen molar-refractivity contribution in [3.63, 3.8) is 0 Å². The number of hydrogen-bond acceptors (Lipinski definition) is 14. The molecule has 94 heavy (non-hydrogen) atoms. The van der Waals surface area contributed by atoms with E-state index in [0.29, 0.717) is 149 Å². The third-order valence-corrected chi connectivity index (χ3v) is 18.0. The lowest BCUT2D eigenvalue weighted by Gasteiger charge is -2.37. The molecule has 0 atom stereocenters. The number of anilines is 3. The van der Waals surface area contributed by atoms with Crippen LogP contribution in [0.3, 0.4) is 0 Å². The second kappa shape index (κ2) is 27.7. The Morgan fingerprint density at radius 2 is 0.947 bits per heavy atom. The average Bonchev–Trinajstić information content (AvgIpc) is 0.941. The molecule has 3 amide bonds. The molecule has 20 nitrogen and oxygen atoms in total. The minimum atomic E-state index is -0.392. The first-order valence-electron chi connectivity index (χ1n) is 31.1. The van der Waals surface area contributed by atoms with Crippen molar-refractivity contribution in [3.05, 3.63) is 239 Å². The first-order chi connectivity index (χ1) is 45.7. The number of amides is 3. The van der Waals surface area contributed by atoms with Gasteiger partial charge in [0.15, 0.2) is 11.5 Å². The first kappa shape index (κ1) is 63.0. The molecular formula is C72H64ClFN12O8. The maximum Gasteiger partial charge on any atom is 0.289 e. The molecule has 3 aliphatic heterocycles. The monoisotopic (exact) mass is 1280 g/mol. The molecule has 3 saturated heterocycles. The zero-order chi connectivity index (χ0) is 65.6. The van der Waals surface area contributed by atoms with Gasteiger partial charge in [-0.25, -0.2) is 4.39 Å². The Morgan fingerprint density at radius 1 is 0.500 bits per heavy atom. The van der Waals surface area contributed by atoms with Crippen LogP contribution in [0.4, 0.5) is 21.5 Å². The number of carbonyl (C=O) groups excluding carboxylic acids is 3. The summed E-state index contributed by atoms with van der Waals surface area (Å²) in [6.07, 6.45) is 5.95. The van der Waals surface area contributed by atoms with E-state index >= 15 is 0 Å². The molecule has 10 aromatic rings. The molecule has 5 aromatic heterocycles. The normalized spacial score (nSPS) is 14.8. The van der Waals surface area contributed by atoms with E-state index in [1.54, 1.807) is 73.3 Å². The third kappa shape index (κ3) is 12.9. The number of hydrogen-bond donors (Lipinski definition) is 0. The smallest absolute Gasteiger partial charge is 0.289 e. The molecule has 474 valence electrons. The summed E-state index contributed by atoms with van der Waals surface area (Å²) in [5.41, 5.74) is 5.37. The maximum atomic E-state index is 13.5. The molecule has 0 unspecified atom stereocenters. The standard InChI is InChI=1S/C27H24N4O3.C23H22N4O3.C22H18ClFN4O2/c28-19-22-25(29-14-16-30(17-15-29)27(33)24-11-6-18-34-24)21-9-4-5-10-23(21)31(26(22)32)13-12-20-7-2-1-3-8-20;24-14-18-21(25-9-11-26(12-10-25)23(29)20-6-3-13-30-20)17-4-1-2-5-19(17)27(22(18)28)15-16-7-8-16;1-26-19-7-4-15(23)12-17(19)20(18(13-25)22(26)30)27-8-10-28(11-9-27)21(29)14-2-5-16(24)6-3-14/h1-11,18H,12-17H2;1-6,13,16H,7-12,15H2;2-7,12H,8-11H2,1H3. The molecule has 22 heteroatoms. The predicted octanol–water partition coefficient (Wildman–Crippen LogP) is 9.67. The van der Waals surface area contributed by atoms with Crippen molar-refractivity contribution in [1.82, 2.24) is 28.4 Å². The lowest BCUT2D eigenvalue weighted by atomic mass is 10.1. The van der Waals surface area contributed by atoms with E-state index in [1.165, 1.54) is 41.4 Å². The quantitative estimate of drug-likeness (QED) is 0.117. The number of pyridine rings is 3. The van der Waals surface area contributed by atoms with E-state index in [0.717, 1.165) is 45.6 Å². The van der Waals surface area contributed by atoms with Crippen LogP contribution in [0.25, 0.3) is 32.7 Å². The maximum absolute atomic E-state index is 13.5. The van der Waals surface area contributed by atoms with Crippen molar-refractivity contribution < 1.29 is 27.6 Å². The van der Waals surface area contributed by atoms with Gasteiger partial charge in [-0.15, -0.1) is 0 Å². The molecule has 0 bridgehead atoms. The number of nitriles is 3. The van der Waals surface area contributed by atoms with Gasteiger partial charge in [0.25, 0.3) is 34.4 Å². The number of aromatic nitrogens is 3. The van der Waals surface area contributed by atoms with Crippen LogP contribution in [0.2, 0.25) is 5.02 Å². The summed E-state index contributed by atoms with van der Waals surface area (Å²) in [6, 6.07) is 49.3. The van der Waals surface area contributed by atoms with Gasteiger partial charge in [0.05, 0.1) is 46.1 Å². The number of furan rings is 2. The number of para-hydroxylation sites is 2. The third-order valence-electron chi connectivity index (χ3n) is 17.8. The molecule has 0 N–H and O–H groups in total. The van der Waals surface area contributed by atoms with E-state index in [4.69, 9.17) is 20.4 Å². The van der Waals surface area contributed by atoms with Gasteiger partial charge in [-0.05, 0) is 110 Å².